The number of hydrogen-bond donors (Lipinski definition) is 1. The largest absolute Gasteiger partial charge is 0.394 e. The summed E-state index contributed by atoms with van der Waals surface area (Å²) in [7, 11) is 0. The molecule has 0 fully saturated rings. The van der Waals surface area contributed by atoms with Crippen LogP contribution in [0.25, 0.3) is 0 Å². The van der Waals surface area contributed by atoms with Crippen molar-refractivity contribution in [2.45, 2.75) is 96.8 Å². The highest BCUT2D eigenvalue weighted by Gasteiger charge is 1.94. The summed E-state index contributed by atoms with van der Waals surface area (Å²) in [5.74, 6) is 0. The van der Waals surface area contributed by atoms with Gasteiger partial charge in [-0.2, -0.15) is 0 Å². The summed E-state index contributed by atoms with van der Waals surface area (Å²) in [5.41, 5.74) is 0. The highest BCUT2D eigenvalue weighted by atomic mass is 16.5. The molecule has 0 aliphatic rings. The van der Waals surface area contributed by atoms with Crippen LogP contribution in [0.15, 0.2) is 12.2 Å². The van der Waals surface area contributed by atoms with Gasteiger partial charge >= 0.3 is 0 Å². The summed E-state index contributed by atoms with van der Waals surface area (Å²) in [6.45, 7) is 5.95. The Morgan fingerprint density at radius 2 is 0.929 bits per heavy atom. The van der Waals surface area contributed by atoms with E-state index in [1.165, 1.54) is 83.5 Å². The predicted molar refractivity (Wildman–Crippen MR) is 119 cm³/mol. The first kappa shape index (κ1) is 27.6. The zero-order valence-corrected chi connectivity index (χ0v) is 18.7. The van der Waals surface area contributed by atoms with E-state index < -0.39 is 0 Å². The van der Waals surface area contributed by atoms with E-state index in [1.54, 1.807) is 0 Å². The summed E-state index contributed by atoms with van der Waals surface area (Å²) in [4.78, 5) is 0. The molecule has 0 aromatic heterocycles. The van der Waals surface area contributed by atoms with Crippen LogP contribution in [-0.4, -0.2) is 51.4 Å². The lowest BCUT2D eigenvalue weighted by molar-refractivity contribution is 0.00719. The van der Waals surface area contributed by atoms with Crippen LogP contribution >= 0.6 is 0 Å². The van der Waals surface area contributed by atoms with Gasteiger partial charge in [-0.25, -0.2) is 0 Å². The molecule has 28 heavy (non-hydrogen) atoms. The molecular weight excluding hydrogens is 352 g/mol. The normalized spacial score (nSPS) is 11.6. The maximum Gasteiger partial charge on any atom is 0.0701 e. The molecule has 0 heterocycles. The summed E-state index contributed by atoms with van der Waals surface area (Å²) in [6.07, 6.45) is 23.4. The second-order valence-electron chi connectivity index (χ2n) is 7.50. The molecule has 1 N–H and O–H groups in total. The fourth-order valence-corrected chi connectivity index (χ4v) is 3.06. The van der Waals surface area contributed by atoms with Crippen molar-refractivity contribution in [3.8, 4) is 0 Å². The molecule has 0 saturated carbocycles. The van der Waals surface area contributed by atoms with E-state index in [2.05, 4.69) is 19.1 Å². The Balaban J connectivity index is 3.03. The first-order valence-corrected chi connectivity index (χ1v) is 11.9. The number of rotatable bonds is 24. The van der Waals surface area contributed by atoms with Crippen LogP contribution in [0.3, 0.4) is 0 Å². The lowest BCUT2D eigenvalue weighted by Gasteiger charge is -2.06. The number of ether oxygens (including phenoxy) is 3. The fourth-order valence-electron chi connectivity index (χ4n) is 3.06. The average Bonchev–Trinajstić information content (AvgIpc) is 2.71. The van der Waals surface area contributed by atoms with Crippen molar-refractivity contribution in [2.75, 3.05) is 46.2 Å². The molecule has 0 amide bonds. The van der Waals surface area contributed by atoms with Gasteiger partial charge in [0.05, 0.1) is 39.6 Å². The minimum absolute atomic E-state index is 0.0689. The standard InChI is InChI=1S/C24H48O4/c1-2-3-4-5-6-7-8-9-10-11-12-13-14-15-16-17-19-26-21-23-28-24-22-27-20-18-25/h9-10,25H,2-8,11-24H2,1H3/b10-9-. The highest BCUT2D eigenvalue weighted by Crippen LogP contribution is 2.09. The fraction of sp³-hybridized carbons (Fsp3) is 0.917. The first-order chi connectivity index (χ1) is 13.9. The maximum atomic E-state index is 8.56. The molecule has 0 saturated heterocycles. The van der Waals surface area contributed by atoms with Gasteiger partial charge in [-0.3, -0.25) is 0 Å². The maximum absolute atomic E-state index is 8.56. The number of aliphatic hydroxyl groups excluding tert-OH is 1. The zero-order chi connectivity index (χ0) is 20.4. The van der Waals surface area contributed by atoms with Crippen LogP contribution in [0.2, 0.25) is 0 Å². The highest BCUT2D eigenvalue weighted by molar-refractivity contribution is 4.81. The van der Waals surface area contributed by atoms with Crippen molar-refractivity contribution in [3.05, 3.63) is 12.2 Å². The quantitative estimate of drug-likeness (QED) is 0.158. The van der Waals surface area contributed by atoms with Gasteiger partial charge < -0.3 is 19.3 Å². The molecular formula is C24H48O4. The van der Waals surface area contributed by atoms with Crippen LogP contribution in [0.4, 0.5) is 0 Å². The van der Waals surface area contributed by atoms with Crippen molar-refractivity contribution in [1.29, 1.82) is 0 Å². The minimum Gasteiger partial charge on any atom is -0.394 e. The van der Waals surface area contributed by atoms with Gasteiger partial charge in [0.1, 0.15) is 0 Å². The molecule has 0 aromatic rings. The van der Waals surface area contributed by atoms with E-state index in [-0.39, 0.29) is 6.61 Å². The third kappa shape index (κ3) is 25.6. The Kier molecular flexibility index (Phi) is 26.2. The number of hydrogen-bond acceptors (Lipinski definition) is 4. The Morgan fingerprint density at radius 1 is 0.500 bits per heavy atom. The van der Waals surface area contributed by atoms with Crippen LogP contribution in [-0.2, 0) is 14.2 Å². The molecule has 0 spiro atoms. The van der Waals surface area contributed by atoms with E-state index in [1.807, 2.05) is 0 Å². The molecule has 0 aliphatic heterocycles. The smallest absolute Gasteiger partial charge is 0.0701 e. The number of allylic oxidation sites excluding steroid dienone is 2. The van der Waals surface area contributed by atoms with Gasteiger partial charge in [0.15, 0.2) is 0 Å². The van der Waals surface area contributed by atoms with Gasteiger partial charge in [-0.05, 0) is 32.1 Å². The summed E-state index contributed by atoms with van der Waals surface area (Å²) in [6, 6.07) is 0. The zero-order valence-electron chi connectivity index (χ0n) is 18.7. The van der Waals surface area contributed by atoms with Crippen molar-refractivity contribution in [2.24, 2.45) is 0 Å². The van der Waals surface area contributed by atoms with Gasteiger partial charge in [-0.15, -0.1) is 0 Å². The van der Waals surface area contributed by atoms with E-state index >= 15 is 0 Å². The average molecular weight is 401 g/mol. The Bertz CT molecular complexity index is 294. The Hall–Kier alpha value is -0.420. The topological polar surface area (TPSA) is 47.9 Å². The van der Waals surface area contributed by atoms with Gasteiger partial charge in [0.25, 0.3) is 0 Å². The second-order valence-corrected chi connectivity index (χ2v) is 7.50. The van der Waals surface area contributed by atoms with E-state index in [0.29, 0.717) is 33.0 Å². The van der Waals surface area contributed by atoms with Crippen molar-refractivity contribution in [1.82, 2.24) is 0 Å². The first-order valence-electron chi connectivity index (χ1n) is 11.9. The molecule has 0 bridgehead atoms. The van der Waals surface area contributed by atoms with Crippen LogP contribution in [0, 0.1) is 0 Å². The lowest BCUT2D eigenvalue weighted by Crippen LogP contribution is -2.11. The molecule has 4 heteroatoms. The summed E-state index contributed by atoms with van der Waals surface area (Å²) >= 11 is 0. The van der Waals surface area contributed by atoms with Crippen LogP contribution in [0.5, 0.6) is 0 Å². The van der Waals surface area contributed by atoms with Crippen LogP contribution in [0.1, 0.15) is 96.8 Å². The van der Waals surface area contributed by atoms with Crippen molar-refractivity contribution < 1.29 is 19.3 Å². The van der Waals surface area contributed by atoms with Gasteiger partial charge in [0, 0.05) is 6.61 Å². The van der Waals surface area contributed by atoms with E-state index in [9.17, 15) is 0 Å². The van der Waals surface area contributed by atoms with E-state index in [0.717, 1.165) is 13.0 Å². The Labute approximate surface area is 175 Å². The summed E-state index contributed by atoms with van der Waals surface area (Å²) in [5, 5.41) is 8.56. The second kappa shape index (κ2) is 26.6. The molecule has 168 valence electrons. The number of unbranched alkanes of at least 4 members (excludes halogenated alkanes) is 12. The molecule has 0 aromatic carbocycles. The Morgan fingerprint density at radius 3 is 1.46 bits per heavy atom. The van der Waals surface area contributed by atoms with E-state index in [4.69, 9.17) is 19.3 Å². The van der Waals surface area contributed by atoms with Gasteiger partial charge in [0.2, 0.25) is 0 Å². The SMILES string of the molecule is CCCCCCCC/C=C\CCCCCCCCOCCOCCOCCO. The molecule has 0 unspecified atom stereocenters. The molecule has 4 nitrogen and oxygen atoms in total. The third-order valence-corrected chi connectivity index (χ3v) is 4.78. The van der Waals surface area contributed by atoms with Crippen molar-refractivity contribution >= 4 is 0 Å². The summed E-state index contributed by atoms with van der Waals surface area (Å²) < 4.78 is 16.0. The molecule has 0 rings (SSSR count). The lowest BCUT2D eigenvalue weighted by atomic mass is 10.1. The molecule has 0 atom stereocenters. The van der Waals surface area contributed by atoms with Crippen molar-refractivity contribution in [3.63, 3.8) is 0 Å². The van der Waals surface area contributed by atoms with Gasteiger partial charge in [-0.1, -0.05) is 76.9 Å². The predicted octanol–water partition coefficient (Wildman–Crippen LogP) is 6.07. The number of aliphatic hydroxyl groups is 1. The van der Waals surface area contributed by atoms with Crippen LogP contribution < -0.4 is 0 Å². The minimum atomic E-state index is 0.0689. The molecule has 0 aliphatic carbocycles. The monoisotopic (exact) mass is 400 g/mol. The molecule has 0 radical (unpaired) electrons. The third-order valence-electron chi connectivity index (χ3n) is 4.78.